The SMILES string of the molecule is Cc1cc(=O)oc2cc(NC(=O)N(C)Cc3ccccc3Br)ccc12. The largest absolute Gasteiger partial charge is 0.423 e. The van der Waals surface area contributed by atoms with E-state index in [0.717, 1.165) is 21.0 Å². The molecule has 1 aromatic heterocycles. The van der Waals surface area contributed by atoms with E-state index in [4.69, 9.17) is 4.42 Å². The molecule has 1 N–H and O–H groups in total. The molecule has 0 bridgehead atoms. The van der Waals surface area contributed by atoms with Gasteiger partial charge < -0.3 is 14.6 Å². The van der Waals surface area contributed by atoms with E-state index in [9.17, 15) is 9.59 Å². The molecule has 0 unspecified atom stereocenters. The minimum atomic E-state index is -0.403. The minimum absolute atomic E-state index is 0.245. The Labute approximate surface area is 153 Å². The molecule has 0 aliphatic rings. The number of hydrogen-bond acceptors (Lipinski definition) is 3. The van der Waals surface area contributed by atoms with Gasteiger partial charge in [0.2, 0.25) is 0 Å². The van der Waals surface area contributed by atoms with E-state index >= 15 is 0 Å². The van der Waals surface area contributed by atoms with E-state index < -0.39 is 5.63 Å². The number of amides is 2. The number of halogens is 1. The molecule has 2 aromatic carbocycles. The Kier molecular flexibility index (Phi) is 4.90. The highest BCUT2D eigenvalue weighted by atomic mass is 79.9. The van der Waals surface area contributed by atoms with Gasteiger partial charge in [-0.15, -0.1) is 0 Å². The van der Waals surface area contributed by atoms with Gasteiger partial charge in [0.15, 0.2) is 0 Å². The third-order valence-corrected chi connectivity index (χ3v) is 4.69. The first-order valence-electron chi connectivity index (χ1n) is 7.74. The quantitative estimate of drug-likeness (QED) is 0.656. The lowest BCUT2D eigenvalue weighted by molar-refractivity contribution is 0.220. The third-order valence-electron chi connectivity index (χ3n) is 3.91. The first-order valence-corrected chi connectivity index (χ1v) is 8.53. The highest BCUT2D eigenvalue weighted by Crippen LogP contribution is 2.21. The molecule has 0 aliphatic heterocycles. The maximum absolute atomic E-state index is 12.4. The van der Waals surface area contributed by atoms with Crippen LogP contribution in [0.3, 0.4) is 0 Å². The van der Waals surface area contributed by atoms with Crippen molar-refractivity contribution in [3.63, 3.8) is 0 Å². The zero-order valence-corrected chi connectivity index (χ0v) is 15.5. The van der Waals surface area contributed by atoms with E-state index in [1.165, 1.54) is 6.07 Å². The number of nitrogens with one attached hydrogen (secondary N) is 1. The molecule has 0 radical (unpaired) electrons. The molecule has 3 aromatic rings. The molecular weight excluding hydrogens is 384 g/mol. The number of benzene rings is 2. The van der Waals surface area contributed by atoms with Gasteiger partial charge in [0, 0.05) is 41.3 Å². The van der Waals surface area contributed by atoms with Gasteiger partial charge in [-0.2, -0.15) is 0 Å². The Morgan fingerprint density at radius 2 is 1.96 bits per heavy atom. The molecule has 0 saturated heterocycles. The number of nitrogens with zero attached hydrogens (tertiary/aromatic N) is 1. The monoisotopic (exact) mass is 400 g/mol. The van der Waals surface area contributed by atoms with Gasteiger partial charge in [0.1, 0.15) is 5.58 Å². The maximum atomic E-state index is 12.4. The van der Waals surface area contributed by atoms with Crippen LogP contribution < -0.4 is 10.9 Å². The molecule has 3 rings (SSSR count). The number of rotatable bonds is 3. The summed E-state index contributed by atoms with van der Waals surface area (Å²) in [6.07, 6.45) is 0. The van der Waals surface area contributed by atoms with Crippen LogP contribution in [-0.2, 0) is 6.54 Å². The average molecular weight is 401 g/mol. The van der Waals surface area contributed by atoms with Gasteiger partial charge in [-0.05, 0) is 36.2 Å². The van der Waals surface area contributed by atoms with Crippen molar-refractivity contribution >= 4 is 38.6 Å². The second-order valence-electron chi connectivity index (χ2n) is 5.84. The number of hydrogen-bond donors (Lipinski definition) is 1. The van der Waals surface area contributed by atoms with Crippen molar-refractivity contribution < 1.29 is 9.21 Å². The van der Waals surface area contributed by atoms with Gasteiger partial charge in [-0.25, -0.2) is 9.59 Å². The van der Waals surface area contributed by atoms with Crippen LogP contribution in [0.4, 0.5) is 10.5 Å². The zero-order valence-electron chi connectivity index (χ0n) is 13.9. The summed E-state index contributed by atoms with van der Waals surface area (Å²) in [6.45, 7) is 2.32. The van der Waals surface area contributed by atoms with Crippen LogP contribution in [0, 0.1) is 6.92 Å². The fourth-order valence-corrected chi connectivity index (χ4v) is 2.99. The smallest absolute Gasteiger partial charge is 0.336 e. The standard InChI is InChI=1S/C19H17BrN2O3/c1-12-9-18(23)25-17-10-14(7-8-15(12)17)21-19(24)22(2)11-13-5-3-4-6-16(13)20/h3-10H,11H2,1-2H3,(H,21,24). The summed E-state index contributed by atoms with van der Waals surface area (Å²) >= 11 is 3.48. The van der Waals surface area contributed by atoms with Gasteiger partial charge in [0.25, 0.3) is 0 Å². The summed E-state index contributed by atoms with van der Waals surface area (Å²) in [4.78, 5) is 25.5. The number of urea groups is 1. The lowest BCUT2D eigenvalue weighted by atomic mass is 10.1. The Hall–Kier alpha value is -2.60. The molecule has 0 fully saturated rings. The van der Waals surface area contributed by atoms with Crippen molar-refractivity contribution in [3.05, 3.63) is 74.6 Å². The molecule has 5 nitrogen and oxygen atoms in total. The van der Waals surface area contributed by atoms with E-state index in [0.29, 0.717) is 17.8 Å². The van der Waals surface area contributed by atoms with Crippen molar-refractivity contribution in [2.24, 2.45) is 0 Å². The second-order valence-corrected chi connectivity index (χ2v) is 6.69. The van der Waals surface area contributed by atoms with E-state index in [2.05, 4.69) is 21.2 Å². The van der Waals surface area contributed by atoms with Gasteiger partial charge in [-0.1, -0.05) is 34.1 Å². The summed E-state index contributed by atoms with van der Waals surface area (Å²) in [7, 11) is 1.72. The fourth-order valence-electron chi connectivity index (χ4n) is 2.58. The van der Waals surface area contributed by atoms with Crippen LogP contribution in [0.25, 0.3) is 11.0 Å². The summed E-state index contributed by atoms with van der Waals surface area (Å²) in [5, 5.41) is 3.67. The van der Waals surface area contributed by atoms with Gasteiger partial charge >= 0.3 is 11.7 Å². The zero-order chi connectivity index (χ0) is 18.0. The van der Waals surface area contributed by atoms with Crippen molar-refractivity contribution in [3.8, 4) is 0 Å². The van der Waals surface area contributed by atoms with Gasteiger partial charge in [0.05, 0.1) is 0 Å². The van der Waals surface area contributed by atoms with Crippen LogP contribution in [0.5, 0.6) is 0 Å². The van der Waals surface area contributed by atoms with Crippen LogP contribution in [0.15, 0.2) is 62.2 Å². The molecule has 2 amide bonds. The molecule has 0 aliphatic carbocycles. The molecule has 25 heavy (non-hydrogen) atoms. The topological polar surface area (TPSA) is 62.6 Å². The molecule has 0 spiro atoms. The third kappa shape index (κ3) is 3.91. The molecule has 1 heterocycles. The first kappa shape index (κ1) is 17.2. The van der Waals surface area contributed by atoms with Crippen molar-refractivity contribution in [1.82, 2.24) is 4.90 Å². The van der Waals surface area contributed by atoms with Gasteiger partial charge in [-0.3, -0.25) is 0 Å². The predicted octanol–water partition coefficient (Wildman–Crippen LogP) is 4.53. The molecule has 0 atom stereocenters. The number of carbonyl (C=O) groups excluding carboxylic acids is 1. The molecule has 0 saturated carbocycles. The summed E-state index contributed by atoms with van der Waals surface area (Å²) < 4.78 is 6.17. The Morgan fingerprint density at radius 3 is 2.72 bits per heavy atom. The number of carbonyl (C=O) groups is 1. The van der Waals surface area contributed by atoms with Crippen LogP contribution in [0.2, 0.25) is 0 Å². The normalized spacial score (nSPS) is 10.7. The average Bonchev–Trinajstić information content (AvgIpc) is 2.56. The Balaban J connectivity index is 1.77. The van der Waals surface area contributed by atoms with Crippen molar-refractivity contribution in [2.45, 2.75) is 13.5 Å². The summed E-state index contributed by atoms with van der Waals surface area (Å²) in [5.41, 5.74) is 2.48. The number of fused-ring (bicyclic) bond motifs is 1. The second kappa shape index (κ2) is 7.11. The summed E-state index contributed by atoms with van der Waals surface area (Å²) in [5.74, 6) is 0. The van der Waals surface area contributed by atoms with Crippen LogP contribution in [-0.4, -0.2) is 18.0 Å². The van der Waals surface area contributed by atoms with Crippen molar-refractivity contribution in [1.29, 1.82) is 0 Å². The highest BCUT2D eigenvalue weighted by Gasteiger charge is 2.12. The van der Waals surface area contributed by atoms with Crippen LogP contribution in [0.1, 0.15) is 11.1 Å². The molecular formula is C19H17BrN2O3. The Morgan fingerprint density at radius 1 is 1.20 bits per heavy atom. The number of aryl methyl sites for hydroxylation is 1. The van der Waals surface area contributed by atoms with E-state index in [1.54, 1.807) is 24.1 Å². The number of anilines is 1. The first-order chi connectivity index (χ1) is 11.9. The highest BCUT2D eigenvalue weighted by molar-refractivity contribution is 9.10. The minimum Gasteiger partial charge on any atom is -0.423 e. The fraction of sp³-hybridized carbons (Fsp3) is 0.158. The molecule has 128 valence electrons. The van der Waals surface area contributed by atoms with E-state index in [1.807, 2.05) is 37.3 Å². The predicted molar refractivity (Wildman–Crippen MR) is 102 cm³/mol. The lowest BCUT2D eigenvalue weighted by Crippen LogP contribution is -2.30. The maximum Gasteiger partial charge on any atom is 0.336 e. The summed E-state index contributed by atoms with van der Waals surface area (Å²) in [6, 6.07) is 14.2. The van der Waals surface area contributed by atoms with Crippen molar-refractivity contribution in [2.75, 3.05) is 12.4 Å². The van der Waals surface area contributed by atoms with Crippen LogP contribution >= 0.6 is 15.9 Å². The molecule has 6 heteroatoms. The Bertz CT molecular complexity index is 997. The van der Waals surface area contributed by atoms with E-state index in [-0.39, 0.29) is 6.03 Å². The lowest BCUT2D eigenvalue weighted by Gasteiger charge is -2.19.